The number of rotatable bonds is 5. The third-order valence-corrected chi connectivity index (χ3v) is 5.38. The van der Waals surface area contributed by atoms with E-state index in [9.17, 15) is 4.79 Å². The maximum atomic E-state index is 12.4. The summed E-state index contributed by atoms with van der Waals surface area (Å²) in [7, 11) is 0. The first-order valence-corrected chi connectivity index (χ1v) is 9.20. The number of benzene rings is 1. The molecule has 4 rings (SSSR count). The number of aryl methyl sites for hydroxylation is 2. The summed E-state index contributed by atoms with van der Waals surface area (Å²) in [6, 6.07) is 9.80. The van der Waals surface area contributed by atoms with Crippen molar-refractivity contribution in [1.82, 2.24) is 15.5 Å². The quantitative estimate of drug-likeness (QED) is 0.745. The molecular weight excluding hydrogens is 334 g/mol. The number of amides is 1. The van der Waals surface area contributed by atoms with Gasteiger partial charge in [-0.15, -0.1) is 11.3 Å². The van der Waals surface area contributed by atoms with Crippen LogP contribution < -0.4 is 5.32 Å². The second-order valence-corrected chi connectivity index (χ2v) is 7.67. The van der Waals surface area contributed by atoms with E-state index in [2.05, 4.69) is 15.5 Å². The molecule has 2 heterocycles. The van der Waals surface area contributed by atoms with Gasteiger partial charge in [0.15, 0.2) is 5.82 Å². The number of thiophene rings is 1. The Morgan fingerprint density at radius 3 is 2.88 bits per heavy atom. The fourth-order valence-corrected chi connectivity index (χ4v) is 3.63. The van der Waals surface area contributed by atoms with Gasteiger partial charge in [-0.1, -0.05) is 22.9 Å². The molecule has 6 heteroatoms. The maximum Gasteiger partial charge on any atom is 0.268 e. The van der Waals surface area contributed by atoms with Crippen LogP contribution >= 0.6 is 11.3 Å². The number of hydrogen-bond acceptors (Lipinski definition) is 5. The van der Waals surface area contributed by atoms with E-state index >= 15 is 0 Å². The minimum absolute atomic E-state index is 0.0544. The zero-order valence-electron chi connectivity index (χ0n) is 14.2. The molecule has 25 heavy (non-hydrogen) atoms. The van der Waals surface area contributed by atoms with Crippen LogP contribution in [0.3, 0.4) is 0 Å². The molecule has 2 aromatic heterocycles. The molecule has 1 amide bonds. The highest BCUT2D eigenvalue weighted by Gasteiger charge is 2.29. The van der Waals surface area contributed by atoms with Crippen LogP contribution in [0.15, 0.2) is 34.9 Å². The molecule has 3 aromatic rings. The Morgan fingerprint density at radius 2 is 2.12 bits per heavy atom. The Kier molecular flexibility index (Phi) is 4.13. The number of aromatic nitrogens is 2. The molecule has 128 valence electrons. The summed E-state index contributed by atoms with van der Waals surface area (Å²) < 4.78 is 5.35. The number of nitrogens with one attached hydrogen (secondary N) is 1. The third-order valence-electron chi connectivity index (χ3n) is 4.31. The number of carbonyl (C=O) groups excluding carboxylic acids is 1. The molecule has 0 unspecified atom stereocenters. The Morgan fingerprint density at radius 1 is 1.28 bits per heavy atom. The number of hydrogen-bond donors (Lipinski definition) is 1. The van der Waals surface area contributed by atoms with Crippen LogP contribution in [0.25, 0.3) is 10.8 Å². The maximum absolute atomic E-state index is 12.4. The van der Waals surface area contributed by atoms with Crippen molar-refractivity contribution in [1.29, 1.82) is 0 Å². The Bertz CT molecular complexity index is 924. The van der Waals surface area contributed by atoms with Gasteiger partial charge in [0.1, 0.15) is 0 Å². The Balaban J connectivity index is 1.41. The van der Waals surface area contributed by atoms with Crippen LogP contribution in [0.2, 0.25) is 0 Å². The van der Waals surface area contributed by atoms with Crippen LogP contribution in [-0.4, -0.2) is 16.0 Å². The molecule has 1 saturated carbocycles. The highest BCUT2D eigenvalue weighted by Crippen LogP contribution is 2.39. The van der Waals surface area contributed by atoms with Gasteiger partial charge in [0, 0.05) is 16.4 Å². The largest absolute Gasteiger partial charge is 0.347 e. The van der Waals surface area contributed by atoms with Crippen LogP contribution in [0.5, 0.6) is 0 Å². The van der Waals surface area contributed by atoms with Crippen molar-refractivity contribution in [3.05, 3.63) is 57.7 Å². The number of carbonyl (C=O) groups is 1. The monoisotopic (exact) mass is 353 g/mol. The van der Waals surface area contributed by atoms with E-state index in [1.807, 2.05) is 44.2 Å². The minimum atomic E-state index is -0.0544. The van der Waals surface area contributed by atoms with Crippen LogP contribution in [0.4, 0.5) is 0 Å². The molecule has 1 aliphatic carbocycles. The lowest BCUT2D eigenvalue weighted by atomic mass is 10.1. The molecule has 1 aromatic carbocycles. The van der Waals surface area contributed by atoms with Gasteiger partial charge in [-0.05, 0) is 50.5 Å². The lowest BCUT2D eigenvalue weighted by Crippen LogP contribution is -2.23. The van der Waals surface area contributed by atoms with E-state index in [-0.39, 0.29) is 5.91 Å². The molecule has 5 nitrogen and oxygen atoms in total. The summed E-state index contributed by atoms with van der Waals surface area (Å²) in [5, 5.41) is 7.02. The normalized spacial score (nSPS) is 13.8. The van der Waals surface area contributed by atoms with E-state index in [1.165, 1.54) is 0 Å². The zero-order chi connectivity index (χ0) is 17.4. The van der Waals surface area contributed by atoms with Gasteiger partial charge in [-0.25, -0.2) is 0 Å². The fourth-order valence-electron chi connectivity index (χ4n) is 2.76. The predicted molar refractivity (Wildman–Crippen MR) is 96.7 cm³/mol. The first kappa shape index (κ1) is 16.0. The average molecular weight is 353 g/mol. The summed E-state index contributed by atoms with van der Waals surface area (Å²) in [6.07, 6.45) is 2.30. The van der Waals surface area contributed by atoms with Gasteiger partial charge >= 0.3 is 0 Å². The van der Waals surface area contributed by atoms with Crippen molar-refractivity contribution in [3.63, 3.8) is 0 Å². The summed E-state index contributed by atoms with van der Waals surface area (Å²) in [4.78, 5) is 18.8. The highest BCUT2D eigenvalue weighted by atomic mass is 32.1. The molecule has 1 fully saturated rings. The molecule has 0 bridgehead atoms. The van der Waals surface area contributed by atoms with Gasteiger partial charge in [-0.3, -0.25) is 4.79 Å². The zero-order valence-corrected chi connectivity index (χ0v) is 15.0. The first-order chi connectivity index (χ1) is 12.1. The van der Waals surface area contributed by atoms with Crippen molar-refractivity contribution >= 4 is 17.2 Å². The van der Waals surface area contributed by atoms with E-state index < -0.39 is 0 Å². The summed E-state index contributed by atoms with van der Waals surface area (Å²) >= 11 is 1.56. The van der Waals surface area contributed by atoms with E-state index in [1.54, 1.807) is 11.3 Å². The van der Waals surface area contributed by atoms with Crippen molar-refractivity contribution in [2.75, 3.05) is 0 Å². The minimum Gasteiger partial charge on any atom is -0.347 e. The van der Waals surface area contributed by atoms with E-state index in [0.717, 1.165) is 39.5 Å². The molecule has 0 saturated heterocycles. The highest BCUT2D eigenvalue weighted by molar-refractivity contribution is 7.15. The lowest BCUT2D eigenvalue weighted by Gasteiger charge is -2.07. The number of nitrogens with zero attached hydrogens (tertiary/aromatic N) is 2. The van der Waals surface area contributed by atoms with Gasteiger partial charge in [0.05, 0.1) is 11.4 Å². The third kappa shape index (κ3) is 3.49. The van der Waals surface area contributed by atoms with Gasteiger partial charge < -0.3 is 9.84 Å². The van der Waals surface area contributed by atoms with Crippen molar-refractivity contribution in [3.8, 4) is 10.8 Å². The van der Waals surface area contributed by atoms with Crippen LogP contribution in [0, 0.1) is 13.8 Å². The lowest BCUT2D eigenvalue weighted by molar-refractivity contribution is 0.0950. The van der Waals surface area contributed by atoms with E-state index in [4.69, 9.17) is 4.52 Å². The molecule has 1 aliphatic rings. The SMILES string of the molecule is Cc1ccc(C(=O)NCc2ccc(-c3nc(C4CC4)no3)s2)c(C)c1. The van der Waals surface area contributed by atoms with Gasteiger partial charge in [-0.2, -0.15) is 4.98 Å². The summed E-state index contributed by atoms with van der Waals surface area (Å²) in [5.74, 6) is 1.81. The van der Waals surface area contributed by atoms with Crippen molar-refractivity contribution in [2.24, 2.45) is 0 Å². The second kappa shape index (κ2) is 6.44. The molecule has 0 radical (unpaired) electrons. The Hall–Kier alpha value is -2.47. The van der Waals surface area contributed by atoms with Crippen LogP contribution in [0.1, 0.15) is 50.9 Å². The van der Waals surface area contributed by atoms with Crippen molar-refractivity contribution in [2.45, 2.75) is 39.2 Å². The van der Waals surface area contributed by atoms with Gasteiger partial charge in [0.25, 0.3) is 11.8 Å². The summed E-state index contributed by atoms with van der Waals surface area (Å²) in [6.45, 7) is 4.46. The fraction of sp³-hybridized carbons (Fsp3) is 0.316. The molecular formula is C19H19N3O2S. The van der Waals surface area contributed by atoms with E-state index in [0.29, 0.717) is 23.9 Å². The smallest absolute Gasteiger partial charge is 0.268 e. The summed E-state index contributed by atoms with van der Waals surface area (Å²) in [5.41, 5.74) is 2.86. The Labute approximate surface area is 150 Å². The molecule has 0 aliphatic heterocycles. The van der Waals surface area contributed by atoms with Crippen LogP contribution in [-0.2, 0) is 6.54 Å². The molecule has 1 N–H and O–H groups in total. The topological polar surface area (TPSA) is 68.0 Å². The first-order valence-electron chi connectivity index (χ1n) is 8.38. The standard InChI is InChI=1S/C19H19N3O2S/c1-11-3-7-15(12(2)9-11)18(23)20-10-14-6-8-16(25-14)19-21-17(22-24-19)13-4-5-13/h3,6-9,13H,4-5,10H2,1-2H3,(H,20,23). The second-order valence-electron chi connectivity index (χ2n) is 6.50. The van der Waals surface area contributed by atoms with Gasteiger partial charge in [0.2, 0.25) is 0 Å². The molecule has 0 spiro atoms. The average Bonchev–Trinajstić information content (AvgIpc) is 3.13. The van der Waals surface area contributed by atoms with Crippen molar-refractivity contribution < 1.29 is 9.32 Å². The predicted octanol–water partition coefficient (Wildman–Crippen LogP) is 4.22. The molecule has 0 atom stereocenters.